The molecular formula is C9H10N2O3S. The molecule has 1 atom stereocenters. The molecule has 0 fully saturated rings. The van der Waals surface area contributed by atoms with Gasteiger partial charge in [0, 0.05) is 24.9 Å². The van der Waals surface area contributed by atoms with Gasteiger partial charge >= 0.3 is 0 Å². The van der Waals surface area contributed by atoms with E-state index in [1.165, 1.54) is 6.07 Å². The van der Waals surface area contributed by atoms with E-state index >= 15 is 0 Å². The van der Waals surface area contributed by atoms with E-state index in [1.807, 2.05) is 0 Å². The first-order valence-corrected chi connectivity index (χ1v) is 5.99. The van der Waals surface area contributed by atoms with Gasteiger partial charge in [-0.1, -0.05) is 0 Å². The molecule has 1 unspecified atom stereocenters. The first-order chi connectivity index (χ1) is 7.09. The Morgan fingerprint density at radius 3 is 2.87 bits per heavy atom. The third-order valence-corrected chi connectivity index (χ3v) is 3.44. The van der Waals surface area contributed by atoms with E-state index < -0.39 is 15.9 Å². The lowest BCUT2D eigenvalue weighted by atomic mass is 10.1. The van der Waals surface area contributed by atoms with Crippen LogP contribution in [-0.2, 0) is 17.4 Å². The molecule has 0 radical (unpaired) electrons. The Morgan fingerprint density at radius 1 is 1.53 bits per heavy atom. The van der Waals surface area contributed by atoms with Crippen molar-refractivity contribution < 1.29 is 9.13 Å². The van der Waals surface area contributed by atoms with Crippen LogP contribution in [0.3, 0.4) is 0 Å². The highest BCUT2D eigenvalue weighted by atomic mass is 32.2. The van der Waals surface area contributed by atoms with Crippen LogP contribution in [0.1, 0.15) is 5.56 Å². The van der Waals surface area contributed by atoms with Gasteiger partial charge in [0.1, 0.15) is 11.0 Å². The number of hydrogen-bond donors (Lipinski definition) is 0. The summed E-state index contributed by atoms with van der Waals surface area (Å²) in [5.41, 5.74) is 1.85. The molecule has 0 aromatic heterocycles. The summed E-state index contributed by atoms with van der Waals surface area (Å²) in [4.78, 5) is 10.1. The fourth-order valence-electron chi connectivity index (χ4n) is 1.74. The zero-order valence-corrected chi connectivity index (χ0v) is 8.99. The van der Waals surface area contributed by atoms with Crippen LogP contribution in [0.5, 0.6) is 0 Å². The normalized spacial score (nSPS) is 16.2. The number of benzene rings is 1. The maximum atomic E-state index is 11.3. The molecule has 1 heterocycles. The predicted octanol–water partition coefficient (Wildman–Crippen LogP) is 1.25. The molecule has 1 aromatic carbocycles. The minimum absolute atomic E-state index is 0.0949. The highest BCUT2D eigenvalue weighted by Crippen LogP contribution is 2.31. The van der Waals surface area contributed by atoms with E-state index in [0.717, 1.165) is 17.7 Å². The van der Waals surface area contributed by atoms with Crippen molar-refractivity contribution >= 4 is 22.4 Å². The van der Waals surface area contributed by atoms with Crippen LogP contribution in [-0.4, -0.2) is 21.9 Å². The van der Waals surface area contributed by atoms with Gasteiger partial charge < -0.3 is 0 Å². The molecule has 0 amide bonds. The number of fused-ring (bicyclic) bond motifs is 1. The topological polar surface area (TPSA) is 63.5 Å². The van der Waals surface area contributed by atoms with Crippen LogP contribution in [0.2, 0.25) is 0 Å². The molecule has 0 saturated carbocycles. The fourth-order valence-corrected chi connectivity index (χ4v) is 2.54. The average Bonchev–Trinajstić information content (AvgIpc) is 2.59. The van der Waals surface area contributed by atoms with Gasteiger partial charge in [-0.15, -0.1) is 0 Å². The van der Waals surface area contributed by atoms with Crippen LogP contribution in [0, 0.1) is 10.1 Å². The summed E-state index contributed by atoms with van der Waals surface area (Å²) in [6.45, 7) is 0.666. The number of nitro benzene ring substituents is 1. The first-order valence-electron chi connectivity index (χ1n) is 4.48. The SMILES string of the molecule is CS(=O)N1CCc2cc([N+](=O)[O-])ccc21. The second-order valence-electron chi connectivity index (χ2n) is 3.35. The van der Waals surface area contributed by atoms with E-state index in [0.29, 0.717) is 6.54 Å². The molecule has 5 nitrogen and oxygen atoms in total. The van der Waals surface area contributed by atoms with Gasteiger partial charge in [0.05, 0.1) is 10.6 Å². The summed E-state index contributed by atoms with van der Waals surface area (Å²) in [6.07, 6.45) is 2.33. The molecule has 0 spiro atoms. The predicted molar refractivity (Wildman–Crippen MR) is 58.2 cm³/mol. The number of nitro groups is 1. The van der Waals surface area contributed by atoms with Gasteiger partial charge in [0.15, 0.2) is 0 Å². The molecule has 80 valence electrons. The van der Waals surface area contributed by atoms with Crippen molar-refractivity contribution in [3.8, 4) is 0 Å². The Morgan fingerprint density at radius 2 is 2.27 bits per heavy atom. The molecule has 6 heteroatoms. The summed E-state index contributed by atoms with van der Waals surface area (Å²) in [7, 11) is -1.06. The molecule has 0 bridgehead atoms. The van der Waals surface area contributed by atoms with Crippen molar-refractivity contribution in [2.75, 3.05) is 17.1 Å². The second kappa shape index (κ2) is 3.62. The monoisotopic (exact) mass is 226 g/mol. The van der Waals surface area contributed by atoms with Crippen LogP contribution in [0.15, 0.2) is 18.2 Å². The number of non-ortho nitro benzene ring substituents is 1. The van der Waals surface area contributed by atoms with E-state index in [2.05, 4.69) is 0 Å². The minimum atomic E-state index is -1.06. The van der Waals surface area contributed by atoms with Crippen molar-refractivity contribution in [1.29, 1.82) is 0 Å². The maximum Gasteiger partial charge on any atom is 0.269 e. The standard InChI is InChI=1S/C9H10N2O3S/c1-15(14)10-5-4-7-6-8(11(12)13)2-3-9(7)10/h2-3,6H,4-5H2,1H3. The van der Waals surface area contributed by atoms with Crippen molar-refractivity contribution in [3.05, 3.63) is 33.9 Å². The smallest absolute Gasteiger partial charge is 0.269 e. The number of rotatable bonds is 2. The van der Waals surface area contributed by atoms with Crippen molar-refractivity contribution in [1.82, 2.24) is 0 Å². The third-order valence-electron chi connectivity index (χ3n) is 2.44. The number of hydrogen-bond acceptors (Lipinski definition) is 3. The van der Waals surface area contributed by atoms with Gasteiger partial charge in [-0.2, -0.15) is 0 Å². The second-order valence-corrected chi connectivity index (χ2v) is 4.63. The van der Waals surface area contributed by atoms with Crippen molar-refractivity contribution in [3.63, 3.8) is 0 Å². The number of nitrogens with zero attached hydrogens (tertiary/aromatic N) is 2. The Kier molecular flexibility index (Phi) is 2.44. The molecule has 1 aliphatic rings. The Hall–Kier alpha value is -1.43. The van der Waals surface area contributed by atoms with Gasteiger partial charge in [0.25, 0.3) is 5.69 Å². The average molecular weight is 226 g/mol. The summed E-state index contributed by atoms with van der Waals surface area (Å²) < 4.78 is 13.1. The van der Waals surface area contributed by atoms with Gasteiger partial charge in [0.2, 0.25) is 0 Å². The molecule has 15 heavy (non-hydrogen) atoms. The Labute approximate surface area is 89.4 Å². The zero-order valence-electron chi connectivity index (χ0n) is 8.17. The maximum absolute atomic E-state index is 11.3. The quantitative estimate of drug-likeness (QED) is 0.563. The summed E-state index contributed by atoms with van der Waals surface area (Å²) in [6, 6.07) is 4.67. The molecule has 1 aromatic rings. The molecule has 1 aliphatic heterocycles. The molecular weight excluding hydrogens is 216 g/mol. The summed E-state index contributed by atoms with van der Waals surface area (Å²) >= 11 is 0. The molecule has 0 saturated heterocycles. The lowest BCUT2D eigenvalue weighted by molar-refractivity contribution is -0.384. The van der Waals surface area contributed by atoms with Crippen LogP contribution in [0.4, 0.5) is 11.4 Å². The minimum Gasteiger partial charge on any atom is -0.291 e. The Balaban J connectivity index is 2.42. The van der Waals surface area contributed by atoms with Crippen molar-refractivity contribution in [2.45, 2.75) is 6.42 Å². The van der Waals surface area contributed by atoms with Crippen LogP contribution < -0.4 is 4.31 Å². The van der Waals surface area contributed by atoms with Crippen LogP contribution in [0.25, 0.3) is 0 Å². The largest absolute Gasteiger partial charge is 0.291 e. The van der Waals surface area contributed by atoms with E-state index in [1.54, 1.807) is 22.7 Å². The summed E-state index contributed by atoms with van der Waals surface area (Å²) in [5.74, 6) is 0. The van der Waals surface area contributed by atoms with E-state index in [-0.39, 0.29) is 5.69 Å². The van der Waals surface area contributed by atoms with Crippen molar-refractivity contribution in [2.24, 2.45) is 0 Å². The highest BCUT2D eigenvalue weighted by molar-refractivity contribution is 7.85. The summed E-state index contributed by atoms with van der Waals surface area (Å²) in [5, 5.41) is 10.5. The van der Waals surface area contributed by atoms with Gasteiger partial charge in [-0.05, 0) is 18.1 Å². The molecule has 0 N–H and O–H groups in total. The molecule has 0 aliphatic carbocycles. The lowest BCUT2D eigenvalue weighted by Crippen LogP contribution is -2.21. The van der Waals surface area contributed by atoms with E-state index in [9.17, 15) is 14.3 Å². The van der Waals surface area contributed by atoms with Crippen LogP contribution >= 0.6 is 0 Å². The van der Waals surface area contributed by atoms with Gasteiger partial charge in [-0.25, -0.2) is 4.21 Å². The Bertz CT molecular complexity index is 447. The zero-order chi connectivity index (χ0) is 11.0. The molecule has 2 rings (SSSR count). The highest BCUT2D eigenvalue weighted by Gasteiger charge is 2.23. The van der Waals surface area contributed by atoms with E-state index in [4.69, 9.17) is 0 Å². The fraction of sp³-hybridized carbons (Fsp3) is 0.333. The first kappa shape index (κ1) is 10.1. The lowest BCUT2D eigenvalue weighted by Gasteiger charge is -2.14. The van der Waals surface area contributed by atoms with Gasteiger partial charge in [-0.3, -0.25) is 14.4 Å². The third kappa shape index (κ3) is 1.72. The number of anilines is 1.